The van der Waals surface area contributed by atoms with Crippen molar-refractivity contribution < 1.29 is 0 Å². The summed E-state index contributed by atoms with van der Waals surface area (Å²) in [6, 6.07) is 0. The minimum absolute atomic E-state index is 0.601. The van der Waals surface area contributed by atoms with Crippen molar-refractivity contribution in [3.63, 3.8) is 0 Å². The first kappa shape index (κ1) is 4.46. The molecule has 0 aromatic carbocycles. The third-order valence-electron chi connectivity index (χ3n) is 0.932. The van der Waals surface area contributed by atoms with Gasteiger partial charge in [0.2, 0.25) is 0 Å². The maximum atomic E-state index is 5.27. The van der Waals surface area contributed by atoms with Gasteiger partial charge in [-0.2, -0.15) is 0 Å². The van der Waals surface area contributed by atoms with Crippen LogP contribution in [0.4, 0.5) is 0 Å². The van der Waals surface area contributed by atoms with E-state index in [1.54, 1.807) is 0 Å². The lowest BCUT2D eigenvalue weighted by Gasteiger charge is -2.08. The van der Waals surface area contributed by atoms with Crippen LogP contribution in [0.15, 0.2) is 12.4 Å². The molecule has 0 amide bonds. The average Bonchev–Trinajstić information content (AvgIpc) is 2.14. The van der Waals surface area contributed by atoms with Crippen LogP contribution >= 0.6 is 0 Å². The number of hydrogen-bond donors (Lipinski definition) is 2. The van der Waals surface area contributed by atoms with Crippen molar-refractivity contribution >= 4 is 0 Å². The molecular formula is C4H9N3. The van der Waals surface area contributed by atoms with Gasteiger partial charge in [0.25, 0.3) is 0 Å². The summed E-state index contributed by atoms with van der Waals surface area (Å²) < 4.78 is 0. The van der Waals surface area contributed by atoms with Crippen LogP contribution in [0, 0.1) is 0 Å². The fourth-order valence-corrected chi connectivity index (χ4v) is 0.506. The molecule has 0 aromatic rings. The zero-order valence-electron chi connectivity index (χ0n) is 4.09. The molecule has 0 fully saturated rings. The monoisotopic (exact) mass is 99.1 g/mol. The first-order chi connectivity index (χ1) is 3.43. The second-order valence-corrected chi connectivity index (χ2v) is 1.45. The maximum absolute atomic E-state index is 5.27. The van der Waals surface area contributed by atoms with Crippen molar-refractivity contribution in [2.45, 2.75) is 0 Å². The lowest BCUT2D eigenvalue weighted by Crippen LogP contribution is -2.26. The molecule has 0 spiro atoms. The summed E-state index contributed by atoms with van der Waals surface area (Å²) in [5.41, 5.74) is 5.27. The van der Waals surface area contributed by atoms with E-state index in [0.717, 1.165) is 6.67 Å². The number of nitrogens with one attached hydrogen (secondary N) is 1. The predicted molar refractivity (Wildman–Crippen MR) is 28.0 cm³/mol. The molecule has 7 heavy (non-hydrogen) atoms. The molecule has 40 valence electrons. The lowest BCUT2D eigenvalue weighted by atomic mass is 10.8. The van der Waals surface area contributed by atoms with E-state index in [0.29, 0.717) is 6.67 Å². The van der Waals surface area contributed by atoms with Crippen molar-refractivity contribution in [2.75, 3.05) is 13.3 Å². The Kier molecular flexibility index (Phi) is 1.17. The lowest BCUT2D eigenvalue weighted by molar-refractivity contribution is 0.403. The van der Waals surface area contributed by atoms with Crippen LogP contribution in [0.1, 0.15) is 0 Å². The van der Waals surface area contributed by atoms with Crippen LogP contribution in [0.25, 0.3) is 0 Å². The summed E-state index contributed by atoms with van der Waals surface area (Å²) in [5, 5.41) is 2.99. The Bertz CT molecular complexity index is 79.0. The second-order valence-electron chi connectivity index (χ2n) is 1.45. The third kappa shape index (κ3) is 0.838. The Balaban J connectivity index is 2.28. The summed E-state index contributed by atoms with van der Waals surface area (Å²) in [6.07, 6.45) is 3.81. The molecule has 0 bridgehead atoms. The summed E-state index contributed by atoms with van der Waals surface area (Å²) in [6.45, 7) is 1.46. The smallest absolute Gasteiger partial charge is 0.0879 e. The maximum Gasteiger partial charge on any atom is 0.0879 e. The van der Waals surface area contributed by atoms with Gasteiger partial charge in [-0.05, 0) is 0 Å². The zero-order valence-corrected chi connectivity index (χ0v) is 4.09. The van der Waals surface area contributed by atoms with Gasteiger partial charge < -0.3 is 16.0 Å². The molecule has 0 unspecified atom stereocenters. The highest BCUT2D eigenvalue weighted by atomic mass is 15.3. The summed E-state index contributed by atoms with van der Waals surface area (Å²) in [4.78, 5) is 1.97. The normalized spacial score (nSPS) is 17.6. The van der Waals surface area contributed by atoms with E-state index in [1.165, 1.54) is 0 Å². The quantitative estimate of drug-likeness (QED) is 0.454. The van der Waals surface area contributed by atoms with Crippen molar-refractivity contribution in [1.29, 1.82) is 0 Å². The molecule has 3 heteroatoms. The standard InChI is InChI=1S/C4H9N3/c5-3-7-2-1-6-4-7/h1-2,6H,3-5H2. The molecule has 0 saturated carbocycles. The Labute approximate surface area is 42.8 Å². The van der Waals surface area contributed by atoms with Gasteiger partial charge >= 0.3 is 0 Å². The second kappa shape index (κ2) is 1.84. The number of nitrogens with two attached hydrogens (primary N) is 1. The van der Waals surface area contributed by atoms with Crippen LogP contribution in [0.3, 0.4) is 0 Å². The van der Waals surface area contributed by atoms with E-state index >= 15 is 0 Å². The van der Waals surface area contributed by atoms with Gasteiger partial charge in [-0.25, -0.2) is 0 Å². The fraction of sp³-hybridized carbons (Fsp3) is 0.500. The molecule has 0 aromatic heterocycles. The van der Waals surface area contributed by atoms with Crippen LogP contribution in [-0.2, 0) is 0 Å². The largest absolute Gasteiger partial charge is 0.372 e. The first-order valence-corrected chi connectivity index (χ1v) is 2.27. The van der Waals surface area contributed by atoms with Gasteiger partial charge in [0.05, 0.1) is 13.3 Å². The van der Waals surface area contributed by atoms with Crippen molar-refractivity contribution in [3.05, 3.63) is 12.4 Å². The molecule has 0 saturated heterocycles. The Morgan fingerprint density at radius 2 is 2.71 bits per heavy atom. The highest BCUT2D eigenvalue weighted by Crippen LogP contribution is 1.87. The Morgan fingerprint density at radius 3 is 3.00 bits per heavy atom. The first-order valence-electron chi connectivity index (χ1n) is 2.27. The zero-order chi connectivity index (χ0) is 5.11. The number of hydrogen-bond acceptors (Lipinski definition) is 3. The van der Waals surface area contributed by atoms with Gasteiger partial charge in [0.1, 0.15) is 0 Å². The average molecular weight is 99.1 g/mol. The van der Waals surface area contributed by atoms with E-state index in [2.05, 4.69) is 5.32 Å². The summed E-state index contributed by atoms with van der Waals surface area (Å²) in [7, 11) is 0. The summed E-state index contributed by atoms with van der Waals surface area (Å²) >= 11 is 0. The number of nitrogens with zero attached hydrogens (tertiary/aromatic N) is 1. The molecule has 3 N–H and O–H groups in total. The molecule has 1 heterocycles. The van der Waals surface area contributed by atoms with Gasteiger partial charge in [-0.3, -0.25) is 0 Å². The number of rotatable bonds is 1. The van der Waals surface area contributed by atoms with Gasteiger partial charge in [0, 0.05) is 12.4 Å². The fourth-order valence-electron chi connectivity index (χ4n) is 0.506. The molecular weight excluding hydrogens is 90.1 g/mol. The Hall–Kier alpha value is -0.700. The SMILES string of the molecule is NCN1C=CNC1. The van der Waals surface area contributed by atoms with E-state index in [-0.39, 0.29) is 0 Å². The molecule has 0 atom stereocenters. The minimum atomic E-state index is 0.601. The van der Waals surface area contributed by atoms with E-state index in [1.807, 2.05) is 17.3 Å². The highest BCUT2D eigenvalue weighted by Gasteiger charge is 1.96. The topological polar surface area (TPSA) is 41.3 Å². The third-order valence-corrected chi connectivity index (χ3v) is 0.932. The molecule has 1 aliphatic rings. The molecule has 0 radical (unpaired) electrons. The summed E-state index contributed by atoms with van der Waals surface area (Å²) in [5.74, 6) is 0. The van der Waals surface area contributed by atoms with Crippen molar-refractivity contribution in [3.8, 4) is 0 Å². The van der Waals surface area contributed by atoms with E-state index < -0.39 is 0 Å². The van der Waals surface area contributed by atoms with E-state index in [4.69, 9.17) is 5.73 Å². The van der Waals surface area contributed by atoms with Gasteiger partial charge in [0.15, 0.2) is 0 Å². The molecule has 1 rings (SSSR count). The van der Waals surface area contributed by atoms with Gasteiger partial charge in [-0.1, -0.05) is 0 Å². The van der Waals surface area contributed by atoms with Gasteiger partial charge in [-0.15, -0.1) is 0 Å². The molecule has 1 aliphatic heterocycles. The minimum Gasteiger partial charge on any atom is -0.372 e. The van der Waals surface area contributed by atoms with Crippen LogP contribution in [0.2, 0.25) is 0 Å². The van der Waals surface area contributed by atoms with Crippen molar-refractivity contribution in [2.24, 2.45) is 5.73 Å². The molecule has 3 nitrogen and oxygen atoms in total. The Morgan fingerprint density at radius 1 is 1.86 bits per heavy atom. The van der Waals surface area contributed by atoms with Crippen LogP contribution in [-0.4, -0.2) is 18.2 Å². The van der Waals surface area contributed by atoms with Crippen LogP contribution < -0.4 is 11.1 Å². The predicted octanol–water partition coefficient (Wildman–Crippen LogP) is -0.764. The van der Waals surface area contributed by atoms with Crippen molar-refractivity contribution in [1.82, 2.24) is 10.2 Å². The molecule has 0 aliphatic carbocycles. The van der Waals surface area contributed by atoms with Crippen LogP contribution in [0.5, 0.6) is 0 Å². The van der Waals surface area contributed by atoms with E-state index in [9.17, 15) is 0 Å². The highest BCUT2D eigenvalue weighted by molar-refractivity contribution is 4.85.